The van der Waals surface area contributed by atoms with E-state index < -0.39 is 22.4 Å². The van der Waals surface area contributed by atoms with Crippen LogP contribution < -0.4 is 5.43 Å². The summed E-state index contributed by atoms with van der Waals surface area (Å²) < 4.78 is 13.8. The van der Waals surface area contributed by atoms with Crippen LogP contribution in [0.4, 0.5) is 0 Å². The second-order valence-corrected chi connectivity index (χ2v) is 10.0. The highest BCUT2D eigenvalue weighted by Gasteiger charge is 2.27. The molecule has 1 unspecified atom stereocenters. The number of carbonyl (C=O) groups is 2. The SMILES string of the molecule is CC(=O)c1c([S+]([O-])Cc2ccc(C(=O)c3ccccc3)cc2)[nH]c2c(Br)ccc(Cl)c2c1=O. The molecule has 4 rings (SSSR count). The molecule has 0 saturated heterocycles. The first-order chi connectivity index (χ1) is 15.8. The summed E-state index contributed by atoms with van der Waals surface area (Å²) in [7, 11) is 0. The van der Waals surface area contributed by atoms with Crippen LogP contribution in [-0.2, 0) is 16.9 Å². The number of hydrogen-bond donors (Lipinski definition) is 1. The van der Waals surface area contributed by atoms with Crippen molar-refractivity contribution in [2.75, 3.05) is 0 Å². The molecule has 0 amide bonds. The van der Waals surface area contributed by atoms with Gasteiger partial charge in [0.15, 0.2) is 11.6 Å². The van der Waals surface area contributed by atoms with Crippen molar-refractivity contribution in [2.24, 2.45) is 0 Å². The monoisotopic (exact) mass is 541 g/mol. The Morgan fingerprint density at radius 2 is 1.64 bits per heavy atom. The molecule has 0 radical (unpaired) electrons. The van der Waals surface area contributed by atoms with Gasteiger partial charge in [0.25, 0.3) is 0 Å². The molecule has 5 nitrogen and oxygen atoms in total. The Morgan fingerprint density at radius 3 is 2.27 bits per heavy atom. The van der Waals surface area contributed by atoms with Gasteiger partial charge < -0.3 is 9.54 Å². The zero-order chi connectivity index (χ0) is 23.7. The Labute approximate surface area is 206 Å². The molecule has 3 aromatic carbocycles. The molecule has 1 N–H and O–H groups in total. The first-order valence-corrected chi connectivity index (χ1v) is 12.4. The molecule has 8 heteroatoms. The minimum Gasteiger partial charge on any atom is -0.610 e. The molecule has 1 atom stereocenters. The van der Waals surface area contributed by atoms with Gasteiger partial charge in [0, 0.05) is 32.3 Å². The van der Waals surface area contributed by atoms with Crippen molar-refractivity contribution in [1.29, 1.82) is 0 Å². The number of Topliss-reactive ketones (excluding diaryl/α,β-unsaturated/α-hetero) is 1. The minimum absolute atomic E-state index is 0.0485. The first kappa shape index (κ1) is 23.4. The van der Waals surface area contributed by atoms with E-state index in [1.54, 1.807) is 60.7 Å². The average Bonchev–Trinajstić information content (AvgIpc) is 2.81. The molecule has 1 aromatic heterocycles. The average molecular weight is 543 g/mol. The van der Waals surface area contributed by atoms with Gasteiger partial charge in [-0.1, -0.05) is 66.2 Å². The molecule has 4 aromatic rings. The number of aromatic nitrogens is 1. The number of benzene rings is 3. The van der Waals surface area contributed by atoms with E-state index >= 15 is 0 Å². The molecule has 0 aliphatic carbocycles. The number of fused-ring (bicyclic) bond motifs is 1. The highest BCUT2D eigenvalue weighted by Crippen LogP contribution is 2.29. The molecule has 0 fully saturated rings. The zero-order valence-corrected chi connectivity index (χ0v) is 20.5. The van der Waals surface area contributed by atoms with Gasteiger partial charge in [-0.3, -0.25) is 14.4 Å². The molecule has 1 heterocycles. The lowest BCUT2D eigenvalue weighted by Crippen LogP contribution is -2.22. The van der Waals surface area contributed by atoms with Crippen LogP contribution in [0.5, 0.6) is 0 Å². The van der Waals surface area contributed by atoms with E-state index in [0.29, 0.717) is 26.7 Å². The second-order valence-electron chi connectivity index (χ2n) is 7.38. The smallest absolute Gasteiger partial charge is 0.238 e. The predicted molar refractivity (Wildman–Crippen MR) is 134 cm³/mol. The number of nitrogens with one attached hydrogen (secondary N) is 1. The van der Waals surface area contributed by atoms with Gasteiger partial charge in [-0.2, -0.15) is 0 Å². The lowest BCUT2D eigenvalue weighted by atomic mass is 10.0. The normalized spacial score (nSPS) is 12.0. The standard InChI is InChI=1S/C25H17BrClNO4S/c1-14(29)20-24(31)21-19(27)12-11-18(26)22(21)28-25(20)33(32)13-15-7-9-17(10-8-15)23(30)16-5-3-2-4-6-16/h2-12H,13H2,1H3,(H,28,31). The van der Waals surface area contributed by atoms with Crippen LogP contribution in [0, 0.1) is 0 Å². The summed E-state index contributed by atoms with van der Waals surface area (Å²) in [6.45, 7) is 1.26. The van der Waals surface area contributed by atoms with Gasteiger partial charge >= 0.3 is 0 Å². The number of H-pyrrole nitrogens is 1. The molecule has 0 spiro atoms. The van der Waals surface area contributed by atoms with Gasteiger partial charge in [-0.15, -0.1) is 0 Å². The number of pyridine rings is 1. The number of rotatable bonds is 6. The number of carbonyl (C=O) groups excluding carboxylic acids is 2. The first-order valence-electron chi connectivity index (χ1n) is 9.90. The number of halogens is 2. The Hall–Kier alpha value is -2.71. The van der Waals surface area contributed by atoms with E-state index in [-0.39, 0.29) is 32.5 Å². The van der Waals surface area contributed by atoms with Crippen LogP contribution >= 0.6 is 27.5 Å². The maximum Gasteiger partial charge on any atom is 0.238 e. The van der Waals surface area contributed by atoms with E-state index in [2.05, 4.69) is 20.9 Å². The molecule has 0 bridgehead atoms. The van der Waals surface area contributed by atoms with Gasteiger partial charge in [0.1, 0.15) is 11.3 Å². The van der Waals surface area contributed by atoms with Crippen LogP contribution in [0.3, 0.4) is 0 Å². The number of ketones is 2. The molecule has 0 saturated carbocycles. The fourth-order valence-corrected chi connectivity index (χ4v) is 5.52. The summed E-state index contributed by atoms with van der Waals surface area (Å²) in [5.41, 5.74) is 1.44. The maximum absolute atomic E-state index is 13.2. The Balaban J connectivity index is 1.68. The van der Waals surface area contributed by atoms with Crippen LogP contribution in [0.2, 0.25) is 5.02 Å². The largest absolute Gasteiger partial charge is 0.610 e. The molecular formula is C25H17BrClNO4S. The summed E-state index contributed by atoms with van der Waals surface area (Å²) in [5, 5.41) is 0.418. The van der Waals surface area contributed by atoms with Gasteiger partial charge in [0.05, 0.1) is 15.9 Å². The van der Waals surface area contributed by atoms with Crippen molar-refractivity contribution < 1.29 is 14.1 Å². The maximum atomic E-state index is 13.2. The summed E-state index contributed by atoms with van der Waals surface area (Å²) in [6.07, 6.45) is 0. The third-order valence-electron chi connectivity index (χ3n) is 5.15. The third kappa shape index (κ3) is 4.68. The summed E-state index contributed by atoms with van der Waals surface area (Å²) >= 11 is 7.85. The summed E-state index contributed by atoms with van der Waals surface area (Å²) in [5.74, 6) is -0.552. The zero-order valence-electron chi connectivity index (χ0n) is 17.4. The molecule has 0 aliphatic heterocycles. The summed E-state index contributed by atoms with van der Waals surface area (Å²) in [6, 6.07) is 18.9. The highest BCUT2D eigenvalue weighted by molar-refractivity contribution is 9.10. The van der Waals surface area contributed by atoms with Crippen molar-refractivity contribution in [1.82, 2.24) is 4.98 Å². The fourth-order valence-electron chi connectivity index (χ4n) is 3.52. The topological polar surface area (TPSA) is 90.1 Å². The Morgan fingerprint density at radius 1 is 1.00 bits per heavy atom. The van der Waals surface area contributed by atoms with Crippen LogP contribution in [0.15, 0.2) is 81.0 Å². The molecule has 166 valence electrons. The van der Waals surface area contributed by atoms with Crippen molar-refractivity contribution in [3.63, 3.8) is 0 Å². The number of hydrogen-bond acceptors (Lipinski definition) is 4. The number of aromatic amines is 1. The molecule has 0 aliphatic rings. The van der Waals surface area contributed by atoms with E-state index in [1.807, 2.05) is 6.07 Å². The fraction of sp³-hybridized carbons (Fsp3) is 0.0800. The minimum atomic E-state index is -1.73. The van der Waals surface area contributed by atoms with E-state index in [1.165, 1.54) is 6.92 Å². The lowest BCUT2D eigenvalue weighted by molar-refractivity contribution is 0.101. The van der Waals surface area contributed by atoms with E-state index in [9.17, 15) is 18.9 Å². The van der Waals surface area contributed by atoms with Crippen LogP contribution in [0.1, 0.15) is 38.8 Å². The van der Waals surface area contributed by atoms with E-state index in [0.717, 1.165) is 0 Å². The van der Waals surface area contributed by atoms with Crippen LogP contribution in [0.25, 0.3) is 10.9 Å². The van der Waals surface area contributed by atoms with Crippen molar-refractivity contribution in [3.05, 3.63) is 109 Å². The second kappa shape index (κ2) is 9.65. The lowest BCUT2D eigenvalue weighted by Gasteiger charge is -2.15. The van der Waals surface area contributed by atoms with Crippen LogP contribution in [-0.4, -0.2) is 21.1 Å². The molecular weight excluding hydrogens is 526 g/mol. The summed E-state index contributed by atoms with van der Waals surface area (Å²) in [4.78, 5) is 40.9. The van der Waals surface area contributed by atoms with Crippen molar-refractivity contribution in [2.45, 2.75) is 17.7 Å². The van der Waals surface area contributed by atoms with Crippen molar-refractivity contribution >= 4 is 61.2 Å². The van der Waals surface area contributed by atoms with Crippen molar-refractivity contribution in [3.8, 4) is 0 Å². The van der Waals surface area contributed by atoms with Gasteiger partial charge in [-0.25, -0.2) is 0 Å². The quantitative estimate of drug-likeness (QED) is 0.250. The Kier molecular flexibility index (Phi) is 6.86. The Bertz CT molecular complexity index is 1440. The van der Waals surface area contributed by atoms with E-state index in [4.69, 9.17) is 11.6 Å². The predicted octanol–water partition coefficient (Wildman–Crippen LogP) is 5.69. The van der Waals surface area contributed by atoms with Gasteiger partial charge in [0.2, 0.25) is 10.5 Å². The highest BCUT2D eigenvalue weighted by atomic mass is 79.9. The van der Waals surface area contributed by atoms with Gasteiger partial charge in [-0.05, 0) is 35.0 Å². The third-order valence-corrected chi connectivity index (χ3v) is 7.49. The molecule has 33 heavy (non-hydrogen) atoms.